The second-order valence-corrected chi connectivity index (χ2v) is 8.46. The van der Waals surface area contributed by atoms with Crippen LogP contribution in [-0.2, 0) is 9.47 Å². The highest BCUT2D eigenvalue weighted by Gasteiger charge is 2.48. The van der Waals surface area contributed by atoms with Crippen molar-refractivity contribution in [2.45, 2.75) is 64.5 Å². The van der Waals surface area contributed by atoms with Gasteiger partial charge < -0.3 is 19.7 Å². The van der Waals surface area contributed by atoms with E-state index in [0.29, 0.717) is 11.5 Å². The molecule has 3 fully saturated rings. The van der Waals surface area contributed by atoms with Crippen LogP contribution in [-0.4, -0.2) is 55.5 Å². The van der Waals surface area contributed by atoms with Crippen molar-refractivity contribution in [1.29, 1.82) is 0 Å². The van der Waals surface area contributed by atoms with Gasteiger partial charge in [-0.1, -0.05) is 0 Å². The minimum atomic E-state index is -0.411. The first-order valence-corrected chi connectivity index (χ1v) is 9.19. The Morgan fingerprint density at radius 2 is 1.83 bits per heavy atom. The molecule has 3 heterocycles. The number of nitrogens with zero attached hydrogens (tertiary/aromatic N) is 1. The van der Waals surface area contributed by atoms with E-state index in [9.17, 15) is 4.79 Å². The van der Waals surface area contributed by atoms with Gasteiger partial charge in [-0.2, -0.15) is 0 Å². The Morgan fingerprint density at radius 1 is 1.17 bits per heavy atom. The molecule has 0 aromatic heterocycles. The summed E-state index contributed by atoms with van der Waals surface area (Å²) >= 11 is 0. The monoisotopic (exact) mass is 324 g/mol. The number of hydrogen-bond donors (Lipinski definition) is 1. The fraction of sp³-hybridized carbons (Fsp3) is 0.944. The first kappa shape index (κ1) is 17.0. The van der Waals surface area contributed by atoms with Crippen molar-refractivity contribution >= 4 is 6.09 Å². The van der Waals surface area contributed by atoms with E-state index in [-0.39, 0.29) is 6.09 Å². The molecule has 3 rings (SSSR count). The fourth-order valence-electron chi connectivity index (χ4n) is 4.59. The summed E-state index contributed by atoms with van der Waals surface area (Å²) in [4.78, 5) is 14.2. The first-order valence-electron chi connectivity index (χ1n) is 9.19. The van der Waals surface area contributed by atoms with E-state index in [1.165, 1.54) is 19.3 Å². The average molecular weight is 324 g/mol. The Bertz CT molecular complexity index is 418. The predicted octanol–water partition coefficient (Wildman–Crippen LogP) is 2.79. The van der Waals surface area contributed by atoms with Crippen molar-refractivity contribution in [2.24, 2.45) is 11.3 Å². The van der Waals surface area contributed by atoms with Gasteiger partial charge >= 0.3 is 6.09 Å². The molecule has 5 heteroatoms. The number of nitrogens with one attached hydrogen (secondary N) is 1. The van der Waals surface area contributed by atoms with Crippen molar-refractivity contribution < 1.29 is 14.3 Å². The minimum Gasteiger partial charge on any atom is -0.444 e. The molecule has 0 saturated carbocycles. The van der Waals surface area contributed by atoms with Gasteiger partial charge in [0, 0.05) is 32.3 Å². The molecule has 0 radical (unpaired) electrons. The molecule has 1 atom stereocenters. The summed E-state index contributed by atoms with van der Waals surface area (Å²) in [5, 5.41) is 3.78. The van der Waals surface area contributed by atoms with Crippen LogP contribution in [0.15, 0.2) is 0 Å². The summed E-state index contributed by atoms with van der Waals surface area (Å²) in [7, 11) is 0. The molecule has 0 bridgehead atoms. The maximum Gasteiger partial charge on any atom is 0.410 e. The lowest BCUT2D eigenvalue weighted by atomic mass is 9.67. The zero-order valence-corrected chi connectivity index (χ0v) is 14.9. The molecule has 3 aliphatic heterocycles. The molecule has 1 amide bonds. The maximum absolute atomic E-state index is 12.3. The van der Waals surface area contributed by atoms with E-state index >= 15 is 0 Å². The molecule has 5 nitrogen and oxygen atoms in total. The lowest BCUT2D eigenvalue weighted by Crippen LogP contribution is -2.52. The van der Waals surface area contributed by atoms with Crippen molar-refractivity contribution in [3.63, 3.8) is 0 Å². The third-order valence-electron chi connectivity index (χ3n) is 5.80. The first-order chi connectivity index (χ1) is 10.9. The Morgan fingerprint density at radius 3 is 2.43 bits per heavy atom. The Hall–Kier alpha value is -0.810. The van der Waals surface area contributed by atoms with Crippen molar-refractivity contribution in [2.75, 3.05) is 32.8 Å². The standard InChI is InChI=1S/C18H32N2O3/c1-17(2,3)23-16(21)20-10-7-18(8-11-20)6-9-19-15(18)14-4-12-22-13-5-14/h14-15,19H,4-13H2,1-3H3. The van der Waals surface area contributed by atoms with Gasteiger partial charge in [0.25, 0.3) is 0 Å². The summed E-state index contributed by atoms with van der Waals surface area (Å²) in [6.45, 7) is 10.4. The summed E-state index contributed by atoms with van der Waals surface area (Å²) in [5.74, 6) is 0.735. The molecule has 1 unspecified atom stereocenters. The van der Waals surface area contributed by atoms with Gasteiger partial charge in [-0.15, -0.1) is 0 Å². The van der Waals surface area contributed by atoms with Crippen LogP contribution in [0.4, 0.5) is 4.79 Å². The van der Waals surface area contributed by atoms with Crippen LogP contribution in [0.3, 0.4) is 0 Å². The second-order valence-electron chi connectivity index (χ2n) is 8.46. The molecule has 1 spiro atoms. The molecule has 3 saturated heterocycles. The normalized spacial score (nSPS) is 29.0. The van der Waals surface area contributed by atoms with E-state index in [2.05, 4.69) is 5.32 Å². The average Bonchev–Trinajstić information content (AvgIpc) is 2.90. The van der Waals surface area contributed by atoms with Crippen molar-refractivity contribution in [3.8, 4) is 0 Å². The van der Waals surface area contributed by atoms with Crippen LogP contribution in [0, 0.1) is 11.3 Å². The molecule has 132 valence electrons. The van der Waals surface area contributed by atoms with Gasteiger partial charge in [0.05, 0.1) is 0 Å². The number of carbonyl (C=O) groups excluding carboxylic acids is 1. The lowest BCUT2D eigenvalue weighted by molar-refractivity contribution is -0.00441. The largest absolute Gasteiger partial charge is 0.444 e. The highest BCUT2D eigenvalue weighted by Crippen LogP contribution is 2.46. The van der Waals surface area contributed by atoms with Crippen LogP contribution < -0.4 is 5.32 Å². The third kappa shape index (κ3) is 3.82. The molecular weight excluding hydrogens is 292 g/mol. The number of hydrogen-bond acceptors (Lipinski definition) is 4. The molecule has 0 aromatic rings. The Kier molecular flexibility index (Phi) is 4.88. The summed E-state index contributed by atoms with van der Waals surface area (Å²) in [6, 6.07) is 0.604. The number of carbonyl (C=O) groups is 1. The highest BCUT2D eigenvalue weighted by atomic mass is 16.6. The Labute approximate surface area is 140 Å². The van der Waals surface area contributed by atoms with E-state index in [1.807, 2.05) is 25.7 Å². The molecule has 0 aliphatic carbocycles. The minimum absolute atomic E-state index is 0.152. The number of rotatable bonds is 1. The third-order valence-corrected chi connectivity index (χ3v) is 5.80. The number of amides is 1. The van der Waals surface area contributed by atoms with Crippen LogP contribution >= 0.6 is 0 Å². The van der Waals surface area contributed by atoms with Gasteiger partial charge in [0.1, 0.15) is 5.60 Å². The quantitative estimate of drug-likeness (QED) is 0.806. The molecule has 23 heavy (non-hydrogen) atoms. The molecule has 1 N–H and O–H groups in total. The van der Waals surface area contributed by atoms with Gasteiger partial charge in [-0.05, 0) is 70.8 Å². The van der Waals surface area contributed by atoms with E-state index in [1.54, 1.807) is 0 Å². The van der Waals surface area contributed by atoms with Crippen molar-refractivity contribution in [1.82, 2.24) is 10.2 Å². The summed E-state index contributed by atoms with van der Waals surface area (Å²) < 4.78 is 11.1. The maximum atomic E-state index is 12.3. The number of ether oxygens (including phenoxy) is 2. The zero-order chi connectivity index (χ0) is 16.5. The van der Waals surface area contributed by atoms with Crippen LogP contribution in [0.25, 0.3) is 0 Å². The molecule has 0 aromatic carbocycles. The van der Waals surface area contributed by atoms with E-state index in [0.717, 1.165) is 51.6 Å². The van der Waals surface area contributed by atoms with E-state index < -0.39 is 5.60 Å². The van der Waals surface area contributed by atoms with Gasteiger partial charge in [-0.25, -0.2) is 4.79 Å². The topological polar surface area (TPSA) is 50.8 Å². The van der Waals surface area contributed by atoms with Gasteiger partial charge in [-0.3, -0.25) is 0 Å². The smallest absolute Gasteiger partial charge is 0.410 e. The van der Waals surface area contributed by atoms with Crippen molar-refractivity contribution in [3.05, 3.63) is 0 Å². The lowest BCUT2D eigenvalue weighted by Gasteiger charge is -2.46. The number of piperidine rings is 1. The molecular formula is C18H32N2O3. The number of likely N-dealkylation sites (tertiary alicyclic amines) is 1. The predicted molar refractivity (Wildman–Crippen MR) is 89.4 cm³/mol. The molecule has 3 aliphatic rings. The fourth-order valence-corrected chi connectivity index (χ4v) is 4.59. The second kappa shape index (κ2) is 6.60. The summed E-state index contributed by atoms with van der Waals surface area (Å²) in [5.41, 5.74) is -0.0354. The van der Waals surface area contributed by atoms with Crippen LogP contribution in [0.2, 0.25) is 0 Å². The van der Waals surface area contributed by atoms with E-state index in [4.69, 9.17) is 9.47 Å². The van der Waals surface area contributed by atoms with Gasteiger partial charge in [0.2, 0.25) is 0 Å². The van der Waals surface area contributed by atoms with Crippen LogP contribution in [0.1, 0.15) is 52.9 Å². The summed E-state index contributed by atoms with van der Waals surface area (Å²) in [6.07, 6.45) is 5.64. The highest BCUT2D eigenvalue weighted by molar-refractivity contribution is 5.68. The van der Waals surface area contributed by atoms with Crippen LogP contribution in [0.5, 0.6) is 0 Å². The Balaban J connectivity index is 1.59. The van der Waals surface area contributed by atoms with Gasteiger partial charge in [0.15, 0.2) is 0 Å². The zero-order valence-electron chi connectivity index (χ0n) is 14.9. The SMILES string of the molecule is CC(C)(C)OC(=O)N1CCC2(CCNC2C2CCOCC2)CC1.